The fourth-order valence-electron chi connectivity index (χ4n) is 7.76. The standard InChI is InChI=1S/C21H33NO2/c1-20-9-8-15(23)10-13(20)4-6-16-17-7-5-14(12-22)21(17,2)11-18(24-3)19(16)20/h13-19,23H,4-11H2,1-3H3/t13?,14-,15-,16+,17?,18+,19?,20+,21-/m1/s1. The van der Waals surface area contributed by atoms with E-state index in [0.29, 0.717) is 29.1 Å². The highest BCUT2D eigenvalue weighted by atomic mass is 16.5. The Bertz CT molecular complexity index is 542. The number of ether oxygens (including phenoxy) is 1. The fraction of sp³-hybridized carbons (Fsp3) is 0.952. The van der Waals surface area contributed by atoms with E-state index < -0.39 is 0 Å². The molecular weight excluding hydrogens is 298 g/mol. The molecule has 4 rings (SSSR count). The smallest absolute Gasteiger partial charge is 0.0661 e. The number of rotatable bonds is 1. The van der Waals surface area contributed by atoms with E-state index in [1.54, 1.807) is 0 Å². The Morgan fingerprint density at radius 1 is 1.08 bits per heavy atom. The third-order valence-corrected chi connectivity index (χ3v) is 9.00. The lowest BCUT2D eigenvalue weighted by Crippen LogP contribution is -2.59. The molecule has 0 radical (unpaired) electrons. The summed E-state index contributed by atoms with van der Waals surface area (Å²) in [7, 11) is 1.88. The molecule has 0 aliphatic heterocycles. The van der Waals surface area contributed by atoms with Crippen molar-refractivity contribution in [2.24, 2.45) is 40.4 Å². The number of aliphatic hydroxyl groups is 1. The Kier molecular flexibility index (Phi) is 4.01. The van der Waals surface area contributed by atoms with E-state index in [0.717, 1.165) is 32.1 Å². The summed E-state index contributed by atoms with van der Waals surface area (Å²) in [5.41, 5.74) is 0.461. The number of aliphatic hydroxyl groups excluding tert-OH is 1. The minimum Gasteiger partial charge on any atom is -0.393 e. The van der Waals surface area contributed by atoms with Crippen LogP contribution in [-0.4, -0.2) is 24.4 Å². The summed E-state index contributed by atoms with van der Waals surface area (Å²) in [6, 6.07) is 2.63. The number of nitriles is 1. The second kappa shape index (κ2) is 5.71. The van der Waals surface area contributed by atoms with Crippen LogP contribution < -0.4 is 0 Å². The van der Waals surface area contributed by atoms with Crippen LogP contribution in [0.5, 0.6) is 0 Å². The summed E-state index contributed by atoms with van der Waals surface area (Å²) in [4.78, 5) is 0. The fourth-order valence-corrected chi connectivity index (χ4v) is 7.76. The molecule has 4 aliphatic rings. The normalized spacial score (nSPS) is 56.7. The lowest BCUT2D eigenvalue weighted by atomic mass is 9.44. The highest BCUT2D eigenvalue weighted by Crippen LogP contribution is 2.67. The van der Waals surface area contributed by atoms with Gasteiger partial charge in [0.1, 0.15) is 0 Å². The van der Waals surface area contributed by atoms with Gasteiger partial charge in [-0.2, -0.15) is 5.26 Å². The van der Waals surface area contributed by atoms with Crippen molar-refractivity contribution in [3.8, 4) is 6.07 Å². The molecule has 0 spiro atoms. The van der Waals surface area contributed by atoms with Crippen molar-refractivity contribution in [1.29, 1.82) is 5.26 Å². The molecular formula is C21H33NO2. The molecule has 4 saturated carbocycles. The van der Waals surface area contributed by atoms with E-state index in [2.05, 4.69) is 19.9 Å². The van der Waals surface area contributed by atoms with E-state index in [1.807, 2.05) is 7.11 Å². The molecule has 0 bridgehead atoms. The van der Waals surface area contributed by atoms with Gasteiger partial charge in [0.15, 0.2) is 0 Å². The molecule has 134 valence electrons. The monoisotopic (exact) mass is 331 g/mol. The number of fused-ring (bicyclic) bond motifs is 5. The van der Waals surface area contributed by atoms with E-state index in [9.17, 15) is 10.4 Å². The number of nitrogens with zero attached hydrogens (tertiary/aromatic N) is 1. The molecule has 0 aromatic carbocycles. The lowest BCUT2D eigenvalue weighted by Gasteiger charge is -2.62. The SMILES string of the molecule is CO[C@H]1C[C@@]2(C)C(CC[C@@H]2C#N)[C@@H]2CCC3C[C@H](O)CC[C@]3(C)C21. The van der Waals surface area contributed by atoms with Crippen LogP contribution in [0.15, 0.2) is 0 Å². The Morgan fingerprint density at radius 3 is 2.58 bits per heavy atom. The second-order valence-corrected chi connectivity index (χ2v) is 9.75. The molecule has 0 aromatic rings. The van der Waals surface area contributed by atoms with Crippen molar-refractivity contribution < 1.29 is 9.84 Å². The van der Waals surface area contributed by atoms with Gasteiger partial charge in [-0.05, 0) is 85.9 Å². The Labute approximate surface area is 146 Å². The zero-order chi connectivity index (χ0) is 17.1. The first kappa shape index (κ1) is 16.9. The maximum absolute atomic E-state index is 10.2. The topological polar surface area (TPSA) is 53.2 Å². The van der Waals surface area contributed by atoms with Crippen LogP contribution in [0.4, 0.5) is 0 Å². The van der Waals surface area contributed by atoms with Crippen LogP contribution in [-0.2, 0) is 4.74 Å². The molecule has 0 saturated heterocycles. The van der Waals surface area contributed by atoms with Gasteiger partial charge >= 0.3 is 0 Å². The van der Waals surface area contributed by atoms with Crippen LogP contribution >= 0.6 is 0 Å². The first-order valence-electron chi connectivity index (χ1n) is 10.0. The molecule has 4 aliphatic carbocycles. The highest BCUT2D eigenvalue weighted by molar-refractivity contribution is 5.15. The van der Waals surface area contributed by atoms with E-state index in [4.69, 9.17) is 4.74 Å². The van der Waals surface area contributed by atoms with Gasteiger partial charge in [-0.1, -0.05) is 13.8 Å². The Balaban J connectivity index is 1.70. The van der Waals surface area contributed by atoms with Crippen molar-refractivity contribution in [2.45, 2.75) is 77.4 Å². The van der Waals surface area contributed by atoms with Crippen molar-refractivity contribution in [3.63, 3.8) is 0 Å². The van der Waals surface area contributed by atoms with Crippen LogP contribution in [0.1, 0.15) is 65.2 Å². The minimum atomic E-state index is -0.0936. The van der Waals surface area contributed by atoms with Crippen molar-refractivity contribution in [2.75, 3.05) is 7.11 Å². The van der Waals surface area contributed by atoms with E-state index >= 15 is 0 Å². The van der Waals surface area contributed by atoms with Crippen LogP contribution in [0, 0.1) is 51.8 Å². The maximum Gasteiger partial charge on any atom is 0.0661 e. The zero-order valence-electron chi connectivity index (χ0n) is 15.5. The number of methoxy groups -OCH3 is 1. The Morgan fingerprint density at radius 2 is 1.88 bits per heavy atom. The van der Waals surface area contributed by atoms with Gasteiger partial charge in [0, 0.05) is 7.11 Å². The first-order chi connectivity index (χ1) is 11.4. The van der Waals surface area contributed by atoms with Crippen molar-refractivity contribution in [3.05, 3.63) is 0 Å². The first-order valence-corrected chi connectivity index (χ1v) is 10.0. The highest BCUT2D eigenvalue weighted by Gasteiger charge is 2.63. The molecule has 0 aromatic heterocycles. The molecule has 24 heavy (non-hydrogen) atoms. The number of hydrogen-bond donors (Lipinski definition) is 1. The largest absolute Gasteiger partial charge is 0.393 e. The van der Waals surface area contributed by atoms with Gasteiger partial charge in [0.05, 0.1) is 24.2 Å². The molecule has 0 heterocycles. The third-order valence-electron chi connectivity index (χ3n) is 9.00. The predicted octanol–water partition coefficient (Wildman–Crippen LogP) is 4.15. The number of hydrogen-bond acceptors (Lipinski definition) is 3. The van der Waals surface area contributed by atoms with Gasteiger partial charge in [0.25, 0.3) is 0 Å². The molecule has 3 heteroatoms. The second-order valence-electron chi connectivity index (χ2n) is 9.75. The average Bonchev–Trinajstić information content (AvgIpc) is 2.90. The maximum atomic E-state index is 10.2. The van der Waals surface area contributed by atoms with E-state index in [-0.39, 0.29) is 23.5 Å². The van der Waals surface area contributed by atoms with Crippen molar-refractivity contribution >= 4 is 0 Å². The van der Waals surface area contributed by atoms with Crippen LogP contribution in [0.2, 0.25) is 0 Å². The molecule has 3 nitrogen and oxygen atoms in total. The predicted molar refractivity (Wildman–Crippen MR) is 93.0 cm³/mol. The van der Waals surface area contributed by atoms with Gasteiger partial charge in [-0.3, -0.25) is 0 Å². The van der Waals surface area contributed by atoms with Crippen LogP contribution in [0.3, 0.4) is 0 Å². The quantitative estimate of drug-likeness (QED) is 0.785. The van der Waals surface area contributed by atoms with Gasteiger partial charge in [-0.15, -0.1) is 0 Å². The molecule has 0 amide bonds. The van der Waals surface area contributed by atoms with E-state index in [1.165, 1.54) is 19.3 Å². The summed E-state index contributed by atoms with van der Waals surface area (Å²) >= 11 is 0. The van der Waals surface area contributed by atoms with Crippen molar-refractivity contribution in [1.82, 2.24) is 0 Å². The Hall–Kier alpha value is -0.590. The third kappa shape index (κ3) is 2.15. The summed E-state index contributed by atoms with van der Waals surface area (Å²) in [5.74, 6) is 2.88. The molecule has 3 unspecified atom stereocenters. The summed E-state index contributed by atoms with van der Waals surface area (Å²) in [6.45, 7) is 4.87. The molecule has 9 atom stereocenters. The zero-order valence-corrected chi connectivity index (χ0v) is 15.5. The molecule has 1 N–H and O–H groups in total. The lowest BCUT2D eigenvalue weighted by molar-refractivity contribution is -0.183. The van der Waals surface area contributed by atoms with Gasteiger partial charge in [-0.25, -0.2) is 0 Å². The molecule has 4 fully saturated rings. The van der Waals surface area contributed by atoms with Crippen LogP contribution in [0.25, 0.3) is 0 Å². The minimum absolute atomic E-state index is 0.0936. The average molecular weight is 332 g/mol. The summed E-state index contributed by atoms with van der Waals surface area (Å²) < 4.78 is 6.10. The summed E-state index contributed by atoms with van der Waals surface area (Å²) in [6.07, 6.45) is 9.17. The summed E-state index contributed by atoms with van der Waals surface area (Å²) in [5, 5.41) is 19.8. The van der Waals surface area contributed by atoms with Gasteiger partial charge < -0.3 is 9.84 Å². The van der Waals surface area contributed by atoms with Gasteiger partial charge in [0.2, 0.25) is 0 Å².